The van der Waals surface area contributed by atoms with Gasteiger partial charge in [0.05, 0.1) is 0 Å². The van der Waals surface area contributed by atoms with Gasteiger partial charge in [0.2, 0.25) is 5.91 Å². The molecule has 1 aromatic carbocycles. The third kappa shape index (κ3) is 4.13. The van der Waals surface area contributed by atoms with Crippen LogP contribution in [0.3, 0.4) is 0 Å². The van der Waals surface area contributed by atoms with E-state index in [1.165, 1.54) is 23.1 Å². The lowest BCUT2D eigenvalue weighted by Crippen LogP contribution is -2.51. The number of hydrogen-bond donors (Lipinski definition) is 2. The second-order valence-electron chi connectivity index (χ2n) is 5.24. The second-order valence-corrected chi connectivity index (χ2v) is 5.68. The molecular weight excluding hydrogens is 324 g/mol. The van der Waals surface area contributed by atoms with Crippen LogP contribution >= 0.6 is 11.6 Å². The number of hydrogen-bond acceptors (Lipinski definition) is 5. The van der Waals surface area contributed by atoms with Crippen molar-refractivity contribution < 1.29 is 24.2 Å². The van der Waals surface area contributed by atoms with Crippen molar-refractivity contribution >= 4 is 29.4 Å². The molecule has 0 radical (unpaired) electrons. The normalized spacial score (nSPS) is 17.6. The summed E-state index contributed by atoms with van der Waals surface area (Å²) in [5.41, 5.74) is 5.20. The van der Waals surface area contributed by atoms with Crippen molar-refractivity contribution in [3.05, 3.63) is 28.8 Å². The predicted molar refractivity (Wildman–Crippen MR) is 81.9 cm³/mol. The van der Waals surface area contributed by atoms with E-state index in [9.17, 15) is 19.5 Å². The van der Waals surface area contributed by atoms with Gasteiger partial charge < -0.3 is 20.5 Å². The van der Waals surface area contributed by atoms with Crippen LogP contribution in [0.5, 0.6) is 5.75 Å². The maximum absolute atomic E-state index is 12.1. The van der Waals surface area contributed by atoms with Crippen molar-refractivity contribution in [2.24, 2.45) is 5.73 Å². The van der Waals surface area contributed by atoms with Gasteiger partial charge in [-0.25, -0.2) is 4.79 Å². The number of halogens is 1. The first kappa shape index (κ1) is 17.1. The van der Waals surface area contributed by atoms with E-state index in [2.05, 4.69) is 0 Å². The van der Waals surface area contributed by atoms with E-state index in [-0.39, 0.29) is 16.3 Å². The molecule has 1 fully saturated rings. The van der Waals surface area contributed by atoms with Crippen LogP contribution in [0.2, 0.25) is 5.02 Å². The Labute approximate surface area is 138 Å². The fourth-order valence-electron chi connectivity index (χ4n) is 2.49. The SMILES string of the molecule is NC(=O)[C@@H]1CCCCN1C(=O)COC(=O)c1ccc(Cl)cc1O. The number of nitrogens with zero attached hydrogens (tertiary/aromatic N) is 1. The topological polar surface area (TPSA) is 110 Å². The molecule has 1 aromatic rings. The number of rotatable bonds is 4. The highest BCUT2D eigenvalue weighted by molar-refractivity contribution is 6.30. The second kappa shape index (κ2) is 7.32. The van der Waals surface area contributed by atoms with Gasteiger partial charge in [-0.05, 0) is 37.5 Å². The lowest BCUT2D eigenvalue weighted by molar-refractivity contribution is -0.143. The number of piperidine rings is 1. The lowest BCUT2D eigenvalue weighted by Gasteiger charge is -2.33. The number of aromatic hydroxyl groups is 1. The van der Waals surface area contributed by atoms with Crippen LogP contribution in [0, 0.1) is 0 Å². The molecule has 0 aromatic heterocycles. The molecule has 7 nitrogen and oxygen atoms in total. The Hall–Kier alpha value is -2.28. The van der Waals surface area contributed by atoms with E-state index < -0.39 is 30.4 Å². The number of esters is 1. The molecule has 0 saturated carbocycles. The smallest absolute Gasteiger partial charge is 0.342 e. The number of carbonyl (C=O) groups is 3. The first-order valence-corrected chi connectivity index (χ1v) is 7.52. The highest BCUT2D eigenvalue weighted by Gasteiger charge is 2.31. The molecule has 23 heavy (non-hydrogen) atoms. The minimum Gasteiger partial charge on any atom is -0.507 e. The molecule has 0 spiro atoms. The Morgan fingerprint density at radius 3 is 2.74 bits per heavy atom. The number of phenolic OH excluding ortho intramolecular Hbond substituents is 1. The Balaban J connectivity index is 1.97. The summed E-state index contributed by atoms with van der Waals surface area (Å²) in [6.45, 7) is -0.124. The number of benzene rings is 1. The van der Waals surface area contributed by atoms with E-state index >= 15 is 0 Å². The Morgan fingerprint density at radius 2 is 2.09 bits per heavy atom. The predicted octanol–water partition coefficient (Wildman–Crippen LogP) is 1.07. The lowest BCUT2D eigenvalue weighted by atomic mass is 10.0. The Kier molecular flexibility index (Phi) is 5.44. The Bertz CT molecular complexity index is 634. The number of primary amides is 1. The average Bonchev–Trinajstić information content (AvgIpc) is 2.52. The first-order valence-electron chi connectivity index (χ1n) is 7.14. The van der Waals surface area contributed by atoms with Crippen LogP contribution in [-0.2, 0) is 14.3 Å². The minimum atomic E-state index is -0.847. The van der Waals surface area contributed by atoms with E-state index in [0.29, 0.717) is 13.0 Å². The molecule has 0 bridgehead atoms. The zero-order valence-corrected chi connectivity index (χ0v) is 13.1. The summed E-state index contributed by atoms with van der Waals surface area (Å²) in [6, 6.07) is 3.26. The van der Waals surface area contributed by atoms with Crippen LogP contribution in [-0.4, -0.2) is 47.0 Å². The summed E-state index contributed by atoms with van der Waals surface area (Å²) in [6.07, 6.45) is 2.09. The third-order valence-electron chi connectivity index (χ3n) is 3.66. The summed E-state index contributed by atoms with van der Waals surface area (Å²) >= 11 is 5.68. The van der Waals surface area contributed by atoms with Crippen molar-refractivity contribution in [3.63, 3.8) is 0 Å². The van der Waals surface area contributed by atoms with Crippen molar-refractivity contribution in [1.82, 2.24) is 4.90 Å². The number of carbonyl (C=O) groups excluding carboxylic acids is 3. The molecule has 3 N–H and O–H groups in total. The minimum absolute atomic E-state index is 0.0905. The quantitative estimate of drug-likeness (QED) is 0.797. The molecule has 8 heteroatoms. The van der Waals surface area contributed by atoms with E-state index in [1.54, 1.807) is 0 Å². The molecule has 1 atom stereocenters. The number of ether oxygens (including phenoxy) is 1. The molecule has 0 unspecified atom stereocenters. The standard InChI is InChI=1S/C15H17ClN2O5/c16-9-4-5-10(12(19)7-9)15(22)23-8-13(20)18-6-2-1-3-11(18)14(17)21/h4-5,7,11,19H,1-3,6,8H2,(H2,17,21)/t11-/m0/s1. The van der Waals surface area contributed by atoms with Crippen LogP contribution in [0.15, 0.2) is 18.2 Å². The summed E-state index contributed by atoms with van der Waals surface area (Å²) in [5, 5.41) is 9.92. The van der Waals surface area contributed by atoms with Gasteiger partial charge in [-0.2, -0.15) is 0 Å². The summed E-state index contributed by atoms with van der Waals surface area (Å²) in [7, 11) is 0. The highest BCUT2D eigenvalue weighted by Crippen LogP contribution is 2.23. The molecule has 1 aliphatic heterocycles. The number of nitrogens with two attached hydrogens (primary N) is 1. The molecule has 0 aliphatic carbocycles. The van der Waals surface area contributed by atoms with Crippen LogP contribution in [0.1, 0.15) is 29.6 Å². The van der Waals surface area contributed by atoms with E-state index in [0.717, 1.165) is 12.8 Å². The average molecular weight is 341 g/mol. The van der Waals surface area contributed by atoms with Gasteiger partial charge >= 0.3 is 5.97 Å². The molecule has 124 valence electrons. The highest BCUT2D eigenvalue weighted by atomic mass is 35.5. The molecule has 2 amide bonds. The van der Waals surface area contributed by atoms with E-state index in [1.807, 2.05) is 0 Å². The largest absolute Gasteiger partial charge is 0.507 e. The van der Waals surface area contributed by atoms with Crippen LogP contribution in [0.4, 0.5) is 0 Å². The molecule has 1 heterocycles. The number of phenols is 1. The van der Waals surface area contributed by atoms with Gasteiger partial charge in [-0.3, -0.25) is 9.59 Å². The van der Waals surface area contributed by atoms with Crippen molar-refractivity contribution in [2.45, 2.75) is 25.3 Å². The summed E-state index contributed by atoms with van der Waals surface area (Å²) < 4.78 is 4.91. The zero-order valence-electron chi connectivity index (χ0n) is 12.3. The first-order chi connectivity index (χ1) is 10.9. The van der Waals surface area contributed by atoms with Gasteiger partial charge in [0, 0.05) is 11.6 Å². The number of likely N-dealkylation sites (tertiary alicyclic amines) is 1. The van der Waals surface area contributed by atoms with Gasteiger partial charge in [0.25, 0.3) is 5.91 Å². The van der Waals surface area contributed by atoms with Crippen LogP contribution in [0.25, 0.3) is 0 Å². The molecule has 1 aliphatic rings. The van der Waals surface area contributed by atoms with Crippen molar-refractivity contribution in [3.8, 4) is 5.75 Å². The van der Waals surface area contributed by atoms with Gasteiger partial charge in [-0.15, -0.1) is 0 Å². The molecule has 1 saturated heterocycles. The molecule has 2 rings (SSSR count). The third-order valence-corrected chi connectivity index (χ3v) is 3.89. The summed E-state index contributed by atoms with van der Waals surface area (Å²) in [4.78, 5) is 36.8. The zero-order chi connectivity index (χ0) is 17.0. The Morgan fingerprint density at radius 1 is 1.35 bits per heavy atom. The van der Waals surface area contributed by atoms with Crippen molar-refractivity contribution in [2.75, 3.05) is 13.2 Å². The fraction of sp³-hybridized carbons (Fsp3) is 0.400. The summed E-state index contributed by atoms with van der Waals surface area (Å²) in [5.74, 6) is -2.24. The van der Waals surface area contributed by atoms with Gasteiger partial charge in [0.15, 0.2) is 6.61 Å². The van der Waals surface area contributed by atoms with E-state index in [4.69, 9.17) is 22.1 Å². The van der Waals surface area contributed by atoms with Gasteiger partial charge in [0.1, 0.15) is 17.4 Å². The van der Waals surface area contributed by atoms with Crippen LogP contribution < -0.4 is 5.73 Å². The van der Waals surface area contributed by atoms with Gasteiger partial charge in [-0.1, -0.05) is 11.6 Å². The maximum Gasteiger partial charge on any atom is 0.342 e. The maximum atomic E-state index is 12.1. The fourth-order valence-corrected chi connectivity index (χ4v) is 2.66. The molecular formula is C15H17ClN2O5. The monoisotopic (exact) mass is 340 g/mol. The number of amides is 2. The van der Waals surface area contributed by atoms with Crippen molar-refractivity contribution in [1.29, 1.82) is 0 Å².